The Labute approximate surface area is 226 Å². The van der Waals surface area contributed by atoms with Crippen LogP contribution in [-0.2, 0) is 21.0 Å². The Morgan fingerprint density at radius 2 is 1.74 bits per heavy atom. The first-order chi connectivity index (χ1) is 18.3. The number of nitrogens with zero attached hydrogens (tertiary/aromatic N) is 5. The molecule has 14 nitrogen and oxygen atoms in total. The van der Waals surface area contributed by atoms with E-state index in [-0.39, 0.29) is 16.3 Å². The van der Waals surface area contributed by atoms with Crippen LogP contribution in [0.2, 0.25) is 0 Å². The molecule has 0 aliphatic carbocycles. The summed E-state index contributed by atoms with van der Waals surface area (Å²) in [6.45, 7) is 11.3. The van der Waals surface area contributed by atoms with E-state index in [9.17, 15) is 13.2 Å². The van der Waals surface area contributed by atoms with Crippen LogP contribution >= 0.6 is 7.82 Å². The molecule has 0 radical (unpaired) electrons. The highest BCUT2D eigenvalue weighted by Crippen LogP contribution is 2.31. The minimum absolute atomic E-state index is 0.147. The summed E-state index contributed by atoms with van der Waals surface area (Å²) in [6.07, 6.45) is 1.52. The van der Waals surface area contributed by atoms with Crippen molar-refractivity contribution in [3.8, 4) is 17.1 Å². The predicted molar refractivity (Wildman–Crippen MR) is 144 cm³/mol. The molecular weight excluding hydrogens is 551 g/mol. The molecule has 1 aliphatic heterocycles. The van der Waals surface area contributed by atoms with E-state index in [1.807, 2.05) is 13.8 Å². The minimum atomic E-state index is -4.64. The van der Waals surface area contributed by atoms with Gasteiger partial charge in [-0.1, -0.05) is 13.8 Å². The lowest BCUT2D eigenvalue weighted by Gasteiger charge is -2.33. The van der Waals surface area contributed by atoms with Gasteiger partial charge in [0.25, 0.3) is 5.56 Å². The van der Waals surface area contributed by atoms with Crippen LogP contribution in [-0.4, -0.2) is 91.2 Å². The van der Waals surface area contributed by atoms with Crippen LogP contribution in [0.4, 0.5) is 0 Å². The van der Waals surface area contributed by atoms with Gasteiger partial charge in [0.15, 0.2) is 11.3 Å². The van der Waals surface area contributed by atoms with Gasteiger partial charge < -0.3 is 29.3 Å². The number of fused-ring (bicyclic) bond motifs is 1. The topological polar surface area (TPSA) is 191 Å². The monoisotopic (exact) mass is 586 g/mol. The summed E-state index contributed by atoms with van der Waals surface area (Å²) < 4.78 is 44.6. The number of aromatic nitrogens is 4. The van der Waals surface area contributed by atoms with Crippen LogP contribution in [0.15, 0.2) is 27.9 Å². The summed E-state index contributed by atoms with van der Waals surface area (Å²) in [7, 11) is -8.35. The molecule has 0 atom stereocenters. The molecule has 2 aromatic heterocycles. The van der Waals surface area contributed by atoms with Crippen molar-refractivity contribution in [3.05, 3.63) is 40.1 Å². The maximum Gasteiger partial charge on any atom is 0.466 e. The molecule has 3 aromatic rings. The van der Waals surface area contributed by atoms with E-state index in [4.69, 9.17) is 24.0 Å². The smallest absolute Gasteiger partial charge is 0.466 e. The number of likely N-dealkylation sites (N-methyl/N-ethyl adjacent to an activating group) is 1. The molecule has 1 fully saturated rings. The third-order valence-electron chi connectivity index (χ3n) is 6.14. The van der Waals surface area contributed by atoms with Crippen molar-refractivity contribution >= 4 is 23.4 Å². The third-order valence-corrected chi connectivity index (χ3v) is 8.03. The molecule has 0 bridgehead atoms. The van der Waals surface area contributed by atoms with Gasteiger partial charge in [0.05, 0.1) is 22.8 Å². The highest BCUT2D eigenvalue weighted by molar-refractivity contribution is 7.89. The molecule has 216 valence electrons. The van der Waals surface area contributed by atoms with E-state index >= 15 is 0 Å². The Hall–Kier alpha value is -2.65. The number of imidazole rings is 1. The Morgan fingerprint density at radius 3 is 2.31 bits per heavy atom. The van der Waals surface area contributed by atoms with Crippen molar-refractivity contribution in [3.63, 3.8) is 0 Å². The molecule has 1 aromatic carbocycles. The van der Waals surface area contributed by atoms with Crippen molar-refractivity contribution in [2.75, 3.05) is 39.3 Å². The van der Waals surface area contributed by atoms with Crippen LogP contribution < -0.4 is 10.3 Å². The third kappa shape index (κ3) is 7.51. The van der Waals surface area contributed by atoms with Crippen LogP contribution in [0.5, 0.6) is 5.75 Å². The molecule has 4 rings (SSSR count). The summed E-state index contributed by atoms with van der Waals surface area (Å²) >= 11 is 0. The van der Waals surface area contributed by atoms with Crippen LogP contribution in [0.25, 0.3) is 16.9 Å². The molecular formula is C23H35N6O8PS. The largest absolute Gasteiger partial charge is 0.493 e. The van der Waals surface area contributed by atoms with E-state index in [0.717, 1.165) is 13.0 Å². The lowest BCUT2D eigenvalue weighted by atomic mass is 10.2. The fourth-order valence-electron chi connectivity index (χ4n) is 4.31. The summed E-state index contributed by atoms with van der Waals surface area (Å²) in [4.78, 5) is 44.2. The van der Waals surface area contributed by atoms with Gasteiger partial charge in [-0.05, 0) is 45.0 Å². The van der Waals surface area contributed by atoms with Crippen LogP contribution in [0.3, 0.4) is 0 Å². The number of rotatable bonds is 8. The number of sulfonamides is 1. The fourth-order valence-corrected chi connectivity index (χ4v) is 5.76. The van der Waals surface area contributed by atoms with Gasteiger partial charge in [0.1, 0.15) is 11.6 Å². The lowest BCUT2D eigenvalue weighted by molar-refractivity contribution is 0.196. The highest BCUT2D eigenvalue weighted by Gasteiger charge is 2.29. The number of phosphoric acid groups is 1. The van der Waals surface area contributed by atoms with Crippen molar-refractivity contribution < 1.29 is 32.4 Å². The average molecular weight is 587 g/mol. The average Bonchev–Trinajstić information content (AvgIpc) is 3.19. The highest BCUT2D eigenvalue weighted by atomic mass is 32.2. The summed E-state index contributed by atoms with van der Waals surface area (Å²) in [5.41, 5.74) is 1.09. The molecule has 16 heteroatoms. The summed E-state index contributed by atoms with van der Waals surface area (Å²) in [6, 6.07) is 4.72. The van der Waals surface area contributed by atoms with Gasteiger partial charge in [-0.3, -0.25) is 4.79 Å². The maximum atomic E-state index is 13.4. The van der Waals surface area contributed by atoms with Crippen LogP contribution in [0.1, 0.15) is 38.7 Å². The Bertz CT molecular complexity index is 1500. The van der Waals surface area contributed by atoms with Gasteiger partial charge in [0, 0.05) is 32.6 Å². The first kappa shape index (κ1) is 30.9. The second-order valence-electron chi connectivity index (χ2n) is 8.87. The quantitative estimate of drug-likeness (QED) is 0.277. The second-order valence-corrected chi connectivity index (χ2v) is 11.8. The van der Waals surface area contributed by atoms with Gasteiger partial charge in [-0.2, -0.15) is 4.31 Å². The number of hydrogen-bond acceptors (Lipinski definition) is 8. The lowest BCUT2D eigenvalue weighted by Crippen LogP contribution is -2.48. The molecule has 0 spiro atoms. The Morgan fingerprint density at radius 1 is 1.10 bits per heavy atom. The zero-order valence-electron chi connectivity index (χ0n) is 22.4. The number of H-pyrrole nitrogens is 1. The normalized spacial score (nSPS) is 15.3. The zero-order valence-corrected chi connectivity index (χ0v) is 24.1. The Kier molecular flexibility index (Phi) is 10.0. The van der Waals surface area contributed by atoms with Gasteiger partial charge in [0.2, 0.25) is 10.0 Å². The number of ether oxygens (including phenoxy) is 1. The molecule has 1 aliphatic rings. The molecule has 0 saturated carbocycles. The minimum Gasteiger partial charge on any atom is -0.493 e. The van der Waals surface area contributed by atoms with E-state index < -0.39 is 17.8 Å². The molecule has 0 amide bonds. The molecule has 39 heavy (non-hydrogen) atoms. The van der Waals surface area contributed by atoms with Crippen molar-refractivity contribution in [1.82, 2.24) is 28.8 Å². The molecule has 3 heterocycles. The molecule has 4 N–H and O–H groups in total. The van der Waals surface area contributed by atoms with Crippen molar-refractivity contribution in [2.24, 2.45) is 0 Å². The fraction of sp³-hybridized carbons (Fsp3) is 0.522. The second kappa shape index (κ2) is 12.7. The number of aromatic amines is 1. The summed E-state index contributed by atoms with van der Waals surface area (Å²) in [5, 5.41) is 4.65. The van der Waals surface area contributed by atoms with Gasteiger partial charge in [-0.15, -0.1) is 5.10 Å². The number of benzene rings is 1. The van der Waals surface area contributed by atoms with Gasteiger partial charge >= 0.3 is 7.82 Å². The standard InChI is InChI=1S/C23H32N6O4S.H3O4P/c1-5-8-20-24-16(4)21-23(30)25-22(26-29(20)21)18-15-17(9-10-19(18)33-7-3)34(31,32)28-13-11-27(6-2)12-14-28;1-5(2,3)4/h9-10,15H,5-8,11-14H2,1-4H3,(H,25,26,30);(H3,1,2,3,4). The van der Waals surface area contributed by atoms with E-state index in [0.29, 0.717) is 67.6 Å². The predicted octanol–water partition coefficient (Wildman–Crippen LogP) is 1.14. The SMILES string of the molecule is CCCc1nc(C)c2c(=O)[nH]c(-c3cc(S(=O)(=O)N4CCN(CC)CC4)ccc3OCC)nn12.O=P(O)(O)O. The summed E-state index contributed by atoms with van der Waals surface area (Å²) in [5.74, 6) is 1.38. The number of hydrogen-bond donors (Lipinski definition) is 4. The first-order valence-corrected chi connectivity index (χ1v) is 15.6. The van der Waals surface area contributed by atoms with Crippen LogP contribution in [0, 0.1) is 6.92 Å². The van der Waals surface area contributed by atoms with Crippen molar-refractivity contribution in [1.29, 1.82) is 0 Å². The Balaban J connectivity index is 0.000000771. The van der Waals surface area contributed by atoms with E-state index in [1.54, 1.807) is 29.6 Å². The number of nitrogens with one attached hydrogen (secondary N) is 1. The number of piperazine rings is 1. The van der Waals surface area contributed by atoms with E-state index in [1.165, 1.54) is 4.31 Å². The first-order valence-electron chi connectivity index (χ1n) is 12.6. The van der Waals surface area contributed by atoms with Gasteiger partial charge in [-0.25, -0.2) is 22.5 Å². The molecule has 1 saturated heterocycles. The number of aryl methyl sites for hydroxylation is 2. The molecule has 0 unspecified atom stereocenters. The van der Waals surface area contributed by atoms with Crippen molar-refractivity contribution in [2.45, 2.75) is 45.4 Å². The zero-order chi connectivity index (χ0) is 29.0. The van der Waals surface area contributed by atoms with E-state index in [2.05, 4.69) is 26.9 Å². The maximum absolute atomic E-state index is 13.4.